The highest BCUT2D eigenvalue weighted by atomic mass is 32.2. The summed E-state index contributed by atoms with van der Waals surface area (Å²) in [6, 6.07) is 0. The maximum absolute atomic E-state index is 11.3. The van der Waals surface area contributed by atoms with Gasteiger partial charge in [0, 0.05) is 13.8 Å². The average molecular weight is 326 g/mol. The molecule has 1 heterocycles. The molecule has 1 fully saturated rings. The molecule has 10 heteroatoms. The monoisotopic (exact) mass is 326 g/mol. The number of ether oxygens (including phenoxy) is 3. The van der Waals surface area contributed by atoms with Crippen LogP contribution >= 0.6 is 0 Å². The van der Waals surface area contributed by atoms with E-state index >= 15 is 0 Å². The minimum atomic E-state index is -3.89. The van der Waals surface area contributed by atoms with Crippen molar-refractivity contribution in [2.75, 3.05) is 6.26 Å². The van der Waals surface area contributed by atoms with Gasteiger partial charge in [0.2, 0.25) is 0 Å². The smallest absolute Gasteiger partial charge is 0.303 e. The number of carbonyl (C=O) groups excluding carboxylic acids is 2. The molecule has 5 atom stereocenters. The van der Waals surface area contributed by atoms with Crippen molar-refractivity contribution >= 4 is 22.1 Å². The van der Waals surface area contributed by atoms with Gasteiger partial charge < -0.3 is 19.3 Å². The third-order valence-electron chi connectivity index (χ3n) is 2.64. The minimum Gasteiger partial charge on any atom is -0.455 e. The molecule has 0 saturated carbocycles. The highest BCUT2D eigenvalue weighted by Crippen LogP contribution is 2.28. The lowest BCUT2D eigenvalue weighted by Gasteiger charge is -2.41. The van der Waals surface area contributed by atoms with Crippen LogP contribution in [0.4, 0.5) is 0 Å². The van der Waals surface area contributed by atoms with Crippen molar-refractivity contribution < 1.29 is 41.5 Å². The zero-order valence-corrected chi connectivity index (χ0v) is 12.8. The fourth-order valence-electron chi connectivity index (χ4n) is 1.97. The van der Waals surface area contributed by atoms with E-state index in [-0.39, 0.29) is 0 Å². The number of aliphatic hydroxyl groups is 1. The molecule has 9 nitrogen and oxygen atoms in total. The van der Waals surface area contributed by atoms with Crippen LogP contribution in [0, 0.1) is 0 Å². The summed E-state index contributed by atoms with van der Waals surface area (Å²) in [5.41, 5.74) is 0. The van der Waals surface area contributed by atoms with Crippen molar-refractivity contribution in [3.05, 3.63) is 0 Å². The van der Waals surface area contributed by atoms with E-state index in [0.29, 0.717) is 0 Å². The van der Waals surface area contributed by atoms with Gasteiger partial charge in [-0.2, -0.15) is 8.42 Å². The van der Waals surface area contributed by atoms with E-state index in [1.165, 1.54) is 6.92 Å². The van der Waals surface area contributed by atoms with E-state index in [4.69, 9.17) is 18.4 Å². The Morgan fingerprint density at radius 2 is 1.52 bits per heavy atom. The summed E-state index contributed by atoms with van der Waals surface area (Å²) in [6.45, 7) is 3.61. The van der Waals surface area contributed by atoms with Gasteiger partial charge in [0.25, 0.3) is 10.1 Å². The molecule has 1 rings (SSSR count). The zero-order valence-electron chi connectivity index (χ0n) is 12.0. The van der Waals surface area contributed by atoms with Crippen molar-refractivity contribution in [3.63, 3.8) is 0 Å². The van der Waals surface area contributed by atoms with Gasteiger partial charge in [-0.15, -0.1) is 0 Å². The van der Waals surface area contributed by atoms with Crippen molar-refractivity contribution in [1.82, 2.24) is 0 Å². The van der Waals surface area contributed by atoms with Crippen molar-refractivity contribution in [3.8, 4) is 0 Å². The molecule has 0 spiro atoms. The molecule has 1 aliphatic heterocycles. The summed E-state index contributed by atoms with van der Waals surface area (Å²) in [6.07, 6.45) is -5.64. The van der Waals surface area contributed by atoms with Crippen LogP contribution in [0.25, 0.3) is 0 Å². The van der Waals surface area contributed by atoms with E-state index in [0.717, 1.165) is 20.1 Å². The molecule has 1 aliphatic rings. The molecule has 0 aliphatic carbocycles. The largest absolute Gasteiger partial charge is 0.455 e. The Morgan fingerprint density at radius 1 is 1.05 bits per heavy atom. The summed E-state index contributed by atoms with van der Waals surface area (Å²) in [5.74, 6) is -1.51. The molecule has 1 saturated heterocycles. The van der Waals surface area contributed by atoms with Crippen LogP contribution in [0.1, 0.15) is 20.8 Å². The molecule has 1 N–H and O–H groups in total. The summed E-state index contributed by atoms with van der Waals surface area (Å²) < 4.78 is 42.3. The Kier molecular flexibility index (Phi) is 5.68. The lowest BCUT2D eigenvalue weighted by atomic mass is 9.99. The van der Waals surface area contributed by atoms with Crippen molar-refractivity contribution in [2.45, 2.75) is 51.5 Å². The summed E-state index contributed by atoms with van der Waals surface area (Å²) >= 11 is 0. The quantitative estimate of drug-likeness (QED) is 0.507. The molecule has 0 unspecified atom stereocenters. The van der Waals surface area contributed by atoms with Crippen LogP contribution < -0.4 is 0 Å². The first kappa shape index (κ1) is 17.8. The van der Waals surface area contributed by atoms with E-state index in [1.54, 1.807) is 0 Å². The molecular weight excluding hydrogens is 308 g/mol. The van der Waals surface area contributed by atoms with Gasteiger partial charge in [-0.25, -0.2) is 0 Å². The first-order valence-electron chi connectivity index (χ1n) is 6.07. The lowest BCUT2D eigenvalue weighted by Crippen LogP contribution is -2.60. The predicted molar refractivity (Wildman–Crippen MR) is 67.4 cm³/mol. The Bertz CT molecular complexity index is 500. The van der Waals surface area contributed by atoms with Crippen LogP contribution in [0.15, 0.2) is 0 Å². The fraction of sp³-hybridized carbons (Fsp3) is 0.818. The molecule has 0 amide bonds. The third-order valence-corrected chi connectivity index (χ3v) is 3.21. The van der Waals surface area contributed by atoms with Crippen LogP contribution in [0.2, 0.25) is 0 Å². The van der Waals surface area contributed by atoms with Gasteiger partial charge in [0.15, 0.2) is 18.5 Å². The SMILES string of the molecule is CC(=O)O[C@@H]1[C@@H](OC(C)=O)[C@@H](O)O[C@H](C)[C@H]1OS(C)(=O)=O. The fourth-order valence-corrected chi connectivity index (χ4v) is 2.64. The third kappa shape index (κ3) is 5.23. The van der Waals surface area contributed by atoms with E-state index in [2.05, 4.69) is 0 Å². The normalized spacial score (nSPS) is 33.3. The molecule has 0 aromatic heterocycles. The zero-order chi connectivity index (χ0) is 16.4. The highest BCUT2D eigenvalue weighted by Gasteiger charge is 2.50. The second-order valence-corrected chi connectivity index (χ2v) is 6.25. The number of hydrogen-bond donors (Lipinski definition) is 1. The van der Waals surface area contributed by atoms with Gasteiger partial charge in [-0.3, -0.25) is 13.8 Å². The first-order valence-corrected chi connectivity index (χ1v) is 7.89. The maximum Gasteiger partial charge on any atom is 0.303 e. The van der Waals surface area contributed by atoms with Crippen molar-refractivity contribution in [1.29, 1.82) is 0 Å². The number of hydrogen-bond acceptors (Lipinski definition) is 9. The maximum atomic E-state index is 11.3. The number of aliphatic hydroxyl groups excluding tert-OH is 1. The van der Waals surface area contributed by atoms with E-state index in [1.807, 2.05) is 0 Å². The second-order valence-electron chi connectivity index (χ2n) is 4.64. The molecule has 122 valence electrons. The molecule has 0 aromatic rings. The standard InChI is InChI=1S/C11H18O9S/c1-5-8(20-21(4,15)16)9(18-6(2)12)10(11(14)17-5)19-7(3)13/h5,8-11,14H,1-4H3/t5-,8-,9+,10-,11+/m1/s1. The number of carbonyl (C=O) groups is 2. The Hall–Kier alpha value is -1.23. The molecule has 0 aromatic carbocycles. The molecule has 0 bridgehead atoms. The first-order chi connectivity index (χ1) is 9.51. The van der Waals surface area contributed by atoms with Gasteiger partial charge in [0.1, 0.15) is 6.10 Å². The van der Waals surface area contributed by atoms with Gasteiger partial charge in [-0.1, -0.05) is 0 Å². The number of rotatable bonds is 4. The number of esters is 2. The average Bonchev–Trinajstić information content (AvgIpc) is 2.26. The Morgan fingerprint density at radius 3 is 1.95 bits per heavy atom. The van der Waals surface area contributed by atoms with Crippen LogP contribution in [0.3, 0.4) is 0 Å². The second kappa shape index (κ2) is 6.69. The van der Waals surface area contributed by atoms with Crippen LogP contribution in [-0.2, 0) is 38.1 Å². The molecular formula is C11H18O9S. The summed E-state index contributed by atoms with van der Waals surface area (Å²) in [5, 5.41) is 9.79. The highest BCUT2D eigenvalue weighted by molar-refractivity contribution is 7.86. The topological polar surface area (TPSA) is 125 Å². The van der Waals surface area contributed by atoms with Crippen molar-refractivity contribution in [2.24, 2.45) is 0 Å². The van der Waals surface area contributed by atoms with Gasteiger partial charge in [0.05, 0.1) is 12.4 Å². The van der Waals surface area contributed by atoms with Crippen LogP contribution in [0.5, 0.6) is 0 Å². The Balaban J connectivity index is 3.10. The molecule has 0 radical (unpaired) electrons. The van der Waals surface area contributed by atoms with E-state index < -0.39 is 52.8 Å². The molecule has 21 heavy (non-hydrogen) atoms. The van der Waals surface area contributed by atoms with Gasteiger partial charge in [-0.05, 0) is 6.92 Å². The Labute approximate surface area is 122 Å². The predicted octanol–water partition coefficient (Wildman–Crippen LogP) is -1.07. The van der Waals surface area contributed by atoms with Crippen LogP contribution in [-0.4, -0.2) is 62.4 Å². The minimum absolute atomic E-state index is 0.749. The lowest BCUT2D eigenvalue weighted by molar-refractivity contribution is -0.280. The van der Waals surface area contributed by atoms with E-state index in [9.17, 15) is 23.1 Å². The summed E-state index contributed by atoms with van der Waals surface area (Å²) in [7, 11) is -3.89. The van der Waals surface area contributed by atoms with Gasteiger partial charge >= 0.3 is 11.9 Å². The summed E-state index contributed by atoms with van der Waals surface area (Å²) in [4.78, 5) is 22.3.